The van der Waals surface area contributed by atoms with Crippen molar-refractivity contribution in [1.82, 2.24) is 0 Å². The van der Waals surface area contributed by atoms with E-state index < -0.39 is 67.4 Å². The summed E-state index contributed by atoms with van der Waals surface area (Å²) in [5.74, 6) is -36.0. The topological polar surface area (TPSA) is 52.0 Å². The zero-order chi connectivity index (χ0) is 22.3. The second-order valence-electron chi connectivity index (χ2n) is 5.37. The molecule has 16 heteroatoms. The summed E-state index contributed by atoms with van der Waals surface area (Å²) in [4.78, 5) is 0. The quantitative estimate of drug-likeness (QED) is 0.532. The molecule has 0 spiro atoms. The molecule has 0 aliphatic heterocycles. The molecule has 1 atom stereocenters. The van der Waals surface area contributed by atoms with E-state index in [-0.39, 0.29) is 0 Å². The lowest BCUT2D eigenvalue weighted by atomic mass is 9.80. The van der Waals surface area contributed by atoms with E-state index >= 15 is 0 Å². The second-order valence-corrected chi connectivity index (χ2v) is 5.37. The minimum Gasteiger partial charge on any atom is -0.330 e. The Balaban J connectivity index is 6.77. The normalized spacial score (nSPS) is 17.8. The highest BCUT2D eigenvalue weighted by molar-refractivity contribution is 5.18. The van der Waals surface area contributed by atoms with Crippen LogP contribution >= 0.6 is 0 Å². The predicted molar refractivity (Wildman–Crippen MR) is 62.0 cm³/mol. The Morgan fingerprint density at radius 2 is 0.778 bits per heavy atom. The van der Waals surface area contributed by atoms with Crippen molar-refractivity contribution in [3.8, 4) is 0 Å². The fourth-order valence-electron chi connectivity index (χ4n) is 1.95. The third-order valence-corrected chi connectivity index (χ3v) is 3.49. The summed E-state index contributed by atoms with van der Waals surface area (Å²) < 4.78 is 186. The van der Waals surface area contributed by atoms with Crippen LogP contribution in [-0.2, 0) is 0 Å². The highest BCUT2D eigenvalue weighted by Crippen LogP contribution is 2.64. The van der Waals surface area contributed by atoms with E-state index in [1.807, 2.05) is 0 Å². The molecule has 0 fully saturated rings. The van der Waals surface area contributed by atoms with E-state index in [0.29, 0.717) is 0 Å². The van der Waals surface area contributed by atoms with Crippen molar-refractivity contribution in [1.29, 1.82) is 0 Å². The van der Waals surface area contributed by atoms with Gasteiger partial charge < -0.3 is 11.5 Å². The Bertz CT molecular complexity index is 514. The van der Waals surface area contributed by atoms with Gasteiger partial charge >= 0.3 is 35.5 Å². The van der Waals surface area contributed by atoms with Crippen molar-refractivity contribution in [3.63, 3.8) is 0 Å². The molecule has 0 amide bonds. The molecule has 0 rings (SSSR count). The molecule has 0 radical (unpaired) electrons. The van der Waals surface area contributed by atoms with Gasteiger partial charge in [-0.15, -0.1) is 0 Å². The summed E-state index contributed by atoms with van der Waals surface area (Å²) in [7, 11) is 0. The van der Waals surface area contributed by atoms with Gasteiger partial charge in [0.15, 0.2) is 0 Å². The maximum absolute atomic E-state index is 13.9. The van der Waals surface area contributed by atoms with Gasteiger partial charge in [0.05, 0.1) is 0 Å². The summed E-state index contributed by atoms with van der Waals surface area (Å²) in [6.07, 6.45) is -12.7. The van der Waals surface area contributed by atoms with Crippen molar-refractivity contribution in [3.05, 3.63) is 0 Å². The first-order valence-corrected chi connectivity index (χ1v) is 6.67. The Morgan fingerprint density at radius 3 is 1.07 bits per heavy atom. The first-order valence-electron chi connectivity index (χ1n) is 6.67. The summed E-state index contributed by atoms with van der Waals surface area (Å²) >= 11 is 0. The van der Waals surface area contributed by atoms with Crippen molar-refractivity contribution in [2.75, 3.05) is 13.1 Å². The lowest BCUT2D eigenvalue weighted by molar-refractivity contribution is -0.442. The van der Waals surface area contributed by atoms with Crippen LogP contribution in [0.3, 0.4) is 0 Å². The lowest BCUT2D eigenvalue weighted by Crippen LogP contribution is -2.76. The summed E-state index contributed by atoms with van der Waals surface area (Å²) in [5.41, 5.74) is 1.11. The van der Waals surface area contributed by atoms with Crippen LogP contribution in [0.1, 0.15) is 12.8 Å². The largest absolute Gasteiger partial charge is 0.434 e. The molecule has 0 aromatic rings. The average Bonchev–Trinajstić information content (AvgIpc) is 2.43. The average molecular weight is 438 g/mol. The van der Waals surface area contributed by atoms with E-state index in [1.54, 1.807) is 0 Å². The van der Waals surface area contributed by atoms with Crippen LogP contribution in [0.4, 0.5) is 61.5 Å². The van der Waals surface area contributed by atoms with Crippen molar-refractivity contribution in [2.24, 2.45) is 11.5 Å². The van der Waals surface area contributed by atoms with Crippen LogP contribution in [0.25, 0.3) is 0 Å². The molecule has 164 valence electrons. The lowest BCUT2D eigenvalue weighted by Gasteiger charge is -2.45. The maximum atomic E-state index is 13.9. The van der Waals surface area contributed by atoms with E-state index in [1.165, 1.54) is 0 Å². The smallest absolute Gasteiger partial charge is 0.330 e. The van der Waals surface area contributed by atoms with Crippen molar-refractivity contribution < 1.29 is 61.5 Å². The molecule has 0 bridgehead atoms. The number of halogens is 14. The Kier molecular flexibility index (Phi) is 6.80. The Morgan fingerprint density at radius 1 is 0.444 bits per heavy atom. The van der Waals surface area contributed by atoms with Gasteiger partial charge in [-0.1, -0.05) is 0 Å². The third kappa shape index (κ3) is 3.53. The number of hydrogen-bond donors (Lipinski definition) is 2. The van der Waals surface area contributed by atoms with Gasteiger partial charge in [-0.25, -0.2) is 13.2 Å². The monoisotopic (exact) mass is 438 g/mol. The van der Waals surface area contributed by atoms with Gasteiger partial charge in [-0.2, -0.15) is 48.3 Å². The fourth-order valence-corrected chi connectivity index (χ4v) is 1.95. The standard InChI is InChI=1S/C11H12F14N2/c12-5(13,1-3-26)7(16,11(23,24)25)9(19,20)10(21,22)8(17,18)6(14,15)2-4-27/h1-4,26-27H2. The Labute approximate surface area is 141 Å². The molecule has 1 unspecified atom stereocenters. The Hall–Kier alpha value is -1.06. The summed E-state index contributed by atoms with van der Waals surface area (Å²) in [6.45, 7) is -3.20. The molecule has 0 heterocycles. The fraction of sp³-hybridized carbons (Fsp3) is 1.00. The van der Waals surface area contributed by atoms with Gasteiger partial charge in [-0.05, 0) is 13.1 Å². The van der Waals surface area contributed by atoms with E-state index in [9.17, 15) is 61.5 Å². The molecule has 0 saturated carbocycles. The van der Waals surface area contributed by atoms with Gasteiger partial charge in [0.25, 0.3) is 5.92 Å². The minimum absolute atomic E-state index is 1.53. The highest BCUT2D eigenvalue weighted by Gasteiger charge is 2.94. The van der Waals surface area contributed by atoms with Gasteiger partial charge in [0.1, 0.15) is 0 Å². The second kappa shape index (κ2) is 7.08. The van der Waals surface area contributed by atoms with Crippen LogP contribution in [0.15, 0.2) is 0 Å². The van der Waals surface area contributed by atoms with E-state index in [0.717, 1.165) is 0 Å². The first kappa shape index (κ1) is 25.9. The number of hydrogen-bond acceptors (Lipinski definition) is 2. The summed E-state index contributed by atoms with van der Waals surface area (Å²) in [5, 5.41) is 0. The molecule has 0 aromatic heterocycles. The van der Waals surface area contributed by atoms with Gasteiger partial charge in [-0.3, -0.25) is 0 Å². The minimum atomic E-state index is -8.04. The molecular formula is C11H12F14N2. The van der Waals surface area contributed by atoms with E-state index in [2.05, 4.69) is 11.5 Å². The number of alkyl halides is 14. The maximum Gasteiger partial charge on any atom is 0.434 e. The zero-order valence-corrected chi connectivity index (χ0v) is 12.8. The molecule has 4 N–H and O–H groups in total. The van der Waals surface area contributed by atoms with E-state index in [4.69, 9.17) is 0 Å². The number of nitrogens with two attached hydrogens (primary N) is 2. The molecule has 0 aliphatic carbocycles. The number of rotatable bonds is 9. The van der Waals surface area contributed by atoms with Gasteiger partial charge in [0, 0.05) is 12.8 Å². The van der Waals surface area contributed by atoms with Crippen LogP contribution in [0, 0.1) is 0 Å². The van der Waals surface area contributed by atoms with Crippen LogP contribution in [0.5, 0.6) is 0 Å². The van der Waals surface area contributed by atoms with Crippen molar-refractivity contribution in [2.45, 2.75) is 54.3 Å². The predicted octanol–water partition coefficient (Wildman–Crippen LogP) is 4.13. The molecule has 0 aromatic carbocycles. The molecule has 0 aliphatic rings. The molecule has 2 nitrogen and oxygen atoms in total. The summed E-state index contributed by atoms with van der Waals surface area (Å²) in [6, 6.07) is 0. The van der Waals surface area contributed by atoms with Crippen molar-refractivity contribution >= 4 is 0 Å². The van der Waals surface area contributed by atoms with Crippen LogP contribution in [0.2, 0.25) is 0 Å². The first-order chi connectivity index (χ1) is 11.6. The SMILES string of the molecule is NCCC(F)(F)C(F)(F)C(F)(F)C(F)(F)C(F)(C(F)(F)F)C(F)(F)CCN. The molecule has 0 saturated heterocycles. The molecule has 27 heavy (non-hydrogen) atoms. The van der Waals surface area contributed by atoms with Gasteiger partial charge in [0.2, 0.25) is 0 Å². The van der Waals surface area contributed by atoms with Crippen LogP contribution in [-0.4, -0.2) is 54.5 Å². The van der Waals surface area contributed by atoms with Crippen LogP contribution < -0.4 is 11.5 Å². The zero-order valence-electron chi connectivity index (χ0n) is 12.8. The highest BCUT2D eigenvalue weighted by atomic mass is 19.4. The third-order valence-electron chi connectivity index (χ3n) is 3.49. The molecular weight excluding hydrogens is 426 g/mol.